The van der Waals surface area contributed by atoms with Crippen LogP contribution in [0.4, 0.5) is 0 Å². The van der Waals surface area contributed by atoms with E-state index in [1.807, 2.05) is 42.5 Å². The van der Waals surface area contributed by atoms with E-state index in [-0.39, 0.29) is 0 Å². The third kappa shape index (κ3) is 4.47. The van der Waals surface area contributed by atoms with Crippen LogP contribution in [-0.4, -0.2) is 9.97 Å². The standard InChI is InChI=1S/C41H25N3/c42-26-27-17-19-28(20-18-27)31-13-8-14-33(23-31)38-25-37(30-10-2-1-3-11-30)43-41(44-38)40-36-16-7-5-12-32(36)24-34-22-21-29-9-4-6-15-35(29)39(34)40/h1-25H. The molecule has 0 bridgehead atoms. The molecular formula is C41H25N3. The molecule has 8 aromatic rings. The first-order valence-corrected chi connectivity index (χ1v) is 14.6. The summed E-state index contributed by atoms with van der Waals surface area (Å²) in [7, 11) is 0. The Morgan fingerprint density at radius 3 is 1.86 bits per heavy atom. The van der Waals surface area contributed by atoms with E-state index < -0.39 is 0 Å². The lowest BCUT2D eigenvalue weighted by molar-refractivity contribution is 1.19. The zero-order valence-corrected chi connectivity index (χ0v) is 23.8. The Morgan fingerprint density at radius 1 is 0.432 bits per heavy atom. The minimum atomic E-state index is 0.646. The van der Waals surface area contributed by atoms with E-state index in [1.54, 1.807) is 0 Å². The molecule has 7 aromatic carbocycles. The molecule has 0 aliphatic carbocycles. The number of benzene rings is 7. The molecule has 0 spiro atoms. The molecule has 0 N–H and O–H groups in total. The molecular weight excluding hydrogens is 534 g/mol. The molecule has 3 heteroatoms. The lowest BCUT2D eigenvalue weighted by atomic mass is 9.92. The summed E-state index contributed by atoms with van der Waals surface area (Å²) in [6, 6.07) is 54.4. The molecule has 204 valence electrons. The summed E-state index contributed by atoms with van der Waals surface area (Å²) < 4.78 is 0. The van der Waals surface area contributed by atoms with E-state index in [0.717, 1.165) is 60.8 Å². The van der Waals surface area contributed by atoms with Crippen LogP contribution in [0.2, 0.25) is 0 Å². The van der Waals surface area contributed by atoms with Crippen molar-refractivity contribution in [3.8, 4) is 51.1 Å². The fraction of sp³-hybridized carbons (Fsp3) is 0. The van der Waals surface area contributed by atoms with Gasteiger partial charge in [-0.1, -0.05) is 121 Å². The second-order valence-corrected chi connectivity index (χ2v) is 11.0. The molecule has 3 nitrogen and oxygen atoms in total. The van der Waals surface area contributed by atoms with E-state index >= 15 is 0 Å². The molecule has 8 rings (SSSR count). The van der Waals surface area contributed by atoms with Crippen LogP contribution in [0.25, 0.3) is 77.3 Å². The average Bonchev–Trinajstić information content (AvgIpc) is 3.11. The second kappa shape index (κ2) is 10.6. The van der Waals surface area contributed by atoms with Gasteiger partial charge in [0.25, 0.3) is 0 Å². The molecule has 44 heavy (non-hydrogen) atoms. The molecule has 0 radical (unpaired) electrons. The van der Waals surface area contributed by atoms with Crippen LogP contribution in [0.15, 0.2) is 152 Å². The topological polar surface area (TPSA) is 49.6 Å². The van der Waals surface area contributed by atoms with Crippen molar-refractivity contribution >= 4 is 32.3 Å². The van der Waals surface area contributed by atoms with Gasteiger partial charge in [-0.15, -0.1) is 0 Å². The molecule has 0 unspecified atom stereocenters. The van der Waals surface area contributed by atoms with Crippen LogP contribution in [0.1, 0.15) is 5.56 Å². The van der Waals surface area contributed by atoms with Crippen LogP contribution < -0.4 is 0 Å². The number of hydrogen-bond acceptors (Lipinski definition) is 3. The van der Waals surface area contributed by atoms with Gasteiger partial charge in [-0.25, -0.2) is 9.97 Å². The zero-order chi connectivity index (χ0) is 29.5. The summed E-state index contributed by atoms with van der Waals surface area (Å²) in [6.07, 6.45) is 0. The van der Waals surface area contributed by atoms with Crippen molar-refractivity contribution in [3.63, 3.8) is 0 Å². The number of hydrogen-bond donors (Lipinski definition) is 0. The number of nitriles is 1. The van der Waals surface area contributed by atoms with Gasteiger partial charge in [-0.2, -0.15) is 5.26 Å². The number of nitrogens with zero attached hydrogens (tertiary/aromatic N) is 3. The largest absolute Gasteiger partial charge is 0.228 e. The van der Waals surface area contributed by atoms with E-state index in [9.17, 15) is 5.26 Å². The first kappa shape index (κ1) is 25.6. The minimum absolute atomic E-state index is 0.646. The molecule has 0 fully saturated rings. The number of aromatic nitrogens is 2. The van der Waals surface area contributed by atoms with Crippen molar-refractivity contribution in [2.45, 2.75) is 0 Å². The SMILES string of the molecule is N#Cc1ccc(-c2cccc(-c3cc(-c4ccccc4)nc(-c4c5ccccc5cc5ccc6ccccc6c45)n3)c2)cc1. The molecule has 1 heterocycles. The van der Waals surface area contributed by atoms with Crippen LogP contribution in [0.3, 0.4) is 0 Å². The van der Waals surface area contributed by atoms with Gasteiger partial charge < -0.3 is 0 Å². The third-order valence-corrected chi connectivity index (χ3v) is 8.28. The predicted octanol–water partition coefficient (Wildman–Crippen LogP) is 10.5. The molecule has 0 atom stereocenters. The second-order valence-electron chi connectivity index (χ2n) is 11.0. The summed E-state index contributed by atoms with van der Waals surface area (Å²) in [5, 5.41) is 16.2. The van der Waals surface area contributed by atoms with E-state index in [2.05, 4.69) is 115 Å². The quantitative estimate of drug-likeness (QED) is 0.159. The molecule has 1 aromatic heterocycles. The van der Waals surface area contributed by atoms with Crippen molar-refractivity contribution in [1.29, 1.82) is 5.26 Å². The summed E-state index contributed by atoms with van der Waals surface area (Å²) in [4.78, 5) is 10.6. The normalized spacial score (nSPS) is 11.2. The monoisotopic (exact) mass is 559 g/mol. The Kier molecular flexibility index (Phi) is 6.18. The van der Waals surface area contributed by atoms with Gasteiger partial charge >= 0.3 is 0 Å². The van der Waals surface area contributed by atoms with Crippen molar-refractivity contribution in [2.24, 2.45) is 0 Å². The van der Waals surface area contributed by atoms with Crippen LogP contribution >= 0.6 is 0 Å². The Bertz CT molecular complexity index is 2380. The summed E-state index contributed by atoms with van der Waals surface area (Å²) in [5.41, 5.74) is 7.56. The van der Waals surface area contributed by atoms with Crippen molar-refractivity contribution in [3.05, 3.63) is 157 Å². The summed E-state index contributed by atoms with van der Waals surface area (Å²) in [6.45, 7) is 0. The highest BCUT2D eigenvalue weighted by molar-refractivity contribution is 6.21. The molecule has 0 aliphatic heterocycles. The van der Waals surface area contributed by atoms with E-state index in [0.29, 0.717) is 11.4 Å². The van der Waals surface area contributed by atoms with Crippen LogP contribution in [0, 0.1) is 11.3 Å². The van der Waals surface area contributed by atoms with Gasteiger partial charge in [0.15, 0.2) is 5.82 Å². The van der Waals surface area contributed by atoms with Crippen molar-refractivity contribution in [2.75, 3.05) is 0 Å². The molecule has 0 aliphatic rings. The highest BCUT2D eigenvalue weighted by Gasteiger charge is 2.18. The Balaban J connectivity index is 1.42. The first-order chi connectivity index (χ1) is 21.7. The van der Waals surface area contributed by atoms with Crippen LogP contribution in [0.5, 0.6) is 0 Å². The Morgan fingerprint density at radius 2 is 1.07 bits per heavy atom. The maximum absolute atomic E-state index is 9.26. The van der Waals surface area contributed by atoms with Gasteiger partial charge in [-0.05, 0) is 68.4 Å². The van der Waals surface area contributed by atoms with E-state index in [4.69, 9.17) is 9.97 Å². The Labute approximate surface area is 255 Å². The number of rotatable bonds is 4. The fourth-order valence-corrected chi connectivity index (χ4v) is 6.13. The van der Waals surface area contributed by atoms with Crippen LogP contribution in [-0.2, 0) is 0 Å². The Hall–Kier alpha value is -6.11. The van der Waals surface area contributed by atoms with Gasteiger partial charge in [-0.3, -0.25) is 0 Å². The first-order valence-electron chi connectivity index (χ1n) is 14.6. The van der Waals surface area contributed by atoms with Gasteiger partial charge in [0.2, 0.25) is 0 Å². The van der Waals surface area contributed by atoms with Gasteiger partial charge in [0.05, 0.1) is 23.0 Å². The number of fused-ring (bicyclic) bond motifs is 4. The zero-order valence-electron chi connectivity index (χ0n) is 23.8. The minimum Gasteiger partial charge on any atom is -0.228 e. The highest BCUT2D eigenvalue weighted by atomic mass is 14.9. The van der Waals surface area contributed by atoms with Crippen molar-refractivity contribution < 1.29 is 0 Å². The summed E-state index contributed by atoms with van der Waals surface area (Å²) >= 11 is 0. The molecule has 0 saturated heterocycles. The maximum Gasteiger partial charge on any atom is 0.161 e. The van der Waals surface area contributed by atoms with E-state index in [1.165, 1.54) is 10.8 Å². The van der Waals surface area contributed by atoms with Crippen molar-refractivity contribution in [1.82, 2.24) is 9.97 Å². The maximum atomic E-state index is 9.26. The summed E-state index contributed by atoms with van der Waals surface area (Å²) in [5.74, 6) is 0.697. The smallest absolute Gasteiger partial charge is 0.161 e. The lowest BCUT2D eigenvalue weighted by Gasteiger charge is -2.15. The predicted molar refractivity (Wildman–Crippen MR) is 181 cm³/mol. The third-order valence-electron chi connectivity index (χ3n) is 8.28. The lowest BCUT2D eigenvalue weighted by Crippen LogP contribution is -1.98. The fourth-order valence-electron chi connectivity index (χ4n) is 6.13. The molecule has 0 amide bonds. The van der Waals surface area contributed by atoms with Gasteiger partial charge in [0.1, 0.15) is 0 Å². The van der Waals surface area contributed by atoms with Gasteiger partial charge in [0, 0.05) is 22.1 Å². The average molecular weight is 560 g/mol. The molecule has 0 saturated carbocycles. The highest BCUT2D eigenvalue weighted by Crippen LogP contribution is 2.40.